The van der Waals surface area contributed by atoms with Gasteiger partial charge in [-0.3, -0.25) is 4.57 Å². The summed E-state index contributed by atoms with van der Waals surface area (Å²) in [6.45, 7) is 3.67. The third-order valence-electron chi connectivity index (χ3n) is 2.48. The maximum absolute atomic E-state index is 12.7. The summed E-state index contributed by atoms with van der Waals surface area (Å²) >= 11 is 0. The van der Waals surface area contributed by atoms with Gasteiger partial charge in [-0.05, 0) is 26.0 Å². The van der Waals surface area contributed by atoms with Crippen molar-refractivity contribution >= 4 is 0 Å². The molecule has 0 aliphatic carbocycles. The quantitative estimate of drug-likeness (QED) is 0.761. The molecule has 0 bridgehead atoms. The molecule has 0 fully saturated rings. The first-order valence-corrected chi connectivity index (χ1v) is 4.99. The van der Waals surface area contributed by atoms with Gasteiger partial charge in [0.2, 0.25) is 0 Å². The molecule has 1 heterocycles. The second kappa shape index (κ2) is 4.04. The molecule has 0 N–H and O–H groups in total. The first kappa shape index (κ1) is 10.8. The van der Waals surface area contributed by atoms with E-state index in [2.05, 4.69) is 4.98 Å². The number of halogens is 2. The molecule has 84 valence electrons. The van der Waals surface area contributed by atoms with Gasteiger partial charge in [-0.2, -0.15) is 0 Å². The Morgan fingerprint density at radius 2 is 1.75 bits per heavy atom. The highest BCUT2D eigenvalue weighted by Crippen LogP contribution is 2.23. The van der Waals surface area contributed by atoms with E-state index < -0.39 is 6.43 Å². The van der Waals surface area contributed by atoms with Crippen molar-refractivity contribution in [2.24, 2.45) is 0 Å². The summed E-state index contributed by atoms with van der Waals surface area (Å²) in [7, 11) is 0. The Morgan fingerprint density at radius 1 is 1.12 bits per heavy atom. The molecule has 0 aliphatic rings. The third kappa shape index (κ3) is 1.83. The highest BCUT2D eigenvalue weighted by molar-refractivity contribution is 5.37. The Morgan fingerprint density at radius 3 is 2.31 bits per heavy atom. The van der Waals surface area contributed by atoms with Crippen molar-refractivity contribution < 1.29 is 8.78 Å². The molecule has 0 unspecified atom stereocenters. The van der Waals surface area contributed by atoms with Gasteiger partial charge in [0.25, 0.3) is 6.43 Å². The molecule has 2 aromatic rings. The molecule has 16 heavy (non-hydrogen) atoms. The van der Waals surface area contributed by atoms with Crippen LogP contribution in [0.1, 0.15) is 23.5 Å². The third-order valence-corrected chi connectivity index (χ3v) is 2.48. The molecule has 4 heteroatoms. The average Bonchev–Trinajstić information content (AvgIpc) is 2.62. The fourth-order valence-electron chi connectivity index (χ4n) is 1.65. The van der Waals surface area contributed by atoms with Gasteiger partial charge in [0.1, 0.15) is 11.5 Å². The van der Waals surface area contributed by atoms with Gasteiger partial charge in [-0.25, -0.2) is 13.8 Å². The number of hydrogen-bond acceptors (Lipinski definition) is 1. The van der Waals surface area contributed by atoms with E-state index in [9.17, 15) is 8.78 Å². The number of benzene rings is 1. The number of nitrogens with zero attached hydrogens (tertiary/aromatic N) is 2. The summed E-state index contributed by atoms with van der Waals surface area (Å²) in [6.07, 6.45) is -1.29. The molecule has 0 amide bonds. The van der Waals surface area contributed by atoms with Gasteiger partial charge in [-0.1, -0.05) is 17.7 Å². The molecule has 0 radical (unpaired) electrons. The molecule has 2 rings (SSSR count). The fourth-order valence-corrected chi connectivity index (χ4v) is 1.65. The van der Waals surface area contributed by atoms with Gasteiger partial charge in [-0.15, -0.1) is 0 Å². The lowest BCUT2D eigenvalue weighted by Crippen LogP contribution is -2.02. The van der Waals surface area contributed by atoms with Crippen molar-refractivity contribution in [2.75, 3.05) is 0 Å². The minimum atomic E-state index is -2.51. The van der Waals surface area contributed by atoms with Gasteiger partial charge in [0.05, 0.1) is 6.20 Å². The maximum Gasteiger partial charge on any atom is 0.280 e. The number of aryl methyl sites for hydroxylation is 2. The van der Waals surface area contributed by atoms with Crippen LogP contribution in [0.3, 0.4) is 0 Å². The first-order valence-electron chi connectivity index (χ1n) is 4.99. The minimum Gasteiger partial charge on any atom is -0.295 e. The summed E-state index contributed by atoms with van der Waals surface area (Å²) in [5.41, 5.74) is 1.75. The first-order chi connectivity index (χ1) is 7.59. The van der Waals surface area contributed by atoms with Crippen LogP contribution < -0.4 is 0 Å². The summed E-state index contributed by atoms with van der Waals surface area (Å²) in [6, 6.07) is 7.42. The van der Waals surface area contributed by atoms with Crippen molar-refractivity contribution in [3.63, 3.8) is 0 Å². The van der Waals surface area contributed by atoms with E-state index in [1.54, 1.807) is 6.92 Å². The normalized spacial score (nSPS) is 11.1. The van der Waals surface area contributed by atoms with E-state index in [0.29, 0.717) is 5.82 Å². The molecule has 0 saturated carbocycles. The van der Waals surface area contributed by atoms with Crippen LogP contribution in [-0.2, 0) is 0 Å². The predicted octanol–water partition coefficient (Wildman–Crippen LogP) is 3.43. The SMILES string of the molecule is Cc1ccc(-n2c(C(F)F)cnc2C)cc1. The van der Waals surface area contributed by atoms with Gasteiger partial charge in [0.15, 0.2) is 0 Å². The van der Waals surface area contributed by atoms with E-state index in [4.69, 9.17) is 0 Å². The molecule has 1 aromatic carbocycles. The highest BCUT2D eigenvalue weighted by atomic mass is 19.3. The van der Waals surface area contributed by atoms with E-state index in [-0.39, 0.29) is 5.69 Å². The Hall–Kier alpha value is -1.71. The zero-order chi connectivity index (χ0) is 11.7. The summed E-state index contributed by atoms with van der Waals surface area (Å²) in [5.74, 6) is 0.569. The van der Waals surface area contributed by atoms with Crippen LogP contribution in [0.4, 0.5) is 8.78 Å². The predicted molar refractivity (Wildman–Crippen MR) is 58.0 cm³/mol. The topological polar surface area (TPSA) is 17.8 Å². The van der Waals surface area contributed by atoms with Crippen LogP contribution in [0.15, 0.2) is 30.5 Å². The largest absolute Gasteiger partial charge is 0.295 e. The number of alkyl halides is 2. The molecule has 0 atom stereocenters. The molecule has 1 aromatic heterocycles. The van der Waals surface area contributed by atoms with Crippen LogP contribution in [-0.4, -0.2) is 9.55 Å². The smallest absolute Gasteiger partial charge is 0.280 e. The van der Waals surface area contributed by atoms with Crippen LogP contribution >= 0.6 is 0 Å². The standard InChI is InChI=1S/C12H12F2N2/c1-8-3-5-10(6-4-8)16-9(2)15-7-11(16)12(13)14/h3-7,12H,1-2H3. The summed E-state index contributed by atoms with van der Waals surface area (Å²) in [4.78, 5) is 3.92. The molecular formula is C12H12F2N2. The lowest BCUT2D eigenvalue weighted by molar-refractivity contribution is 0.144. The second-order valence-corrected chi connectivity index (χ2v) is 3.70. The van der Waals surface area contributed by atoms with Crippen molar-refractivity contribution in [2.45, 2.75) is 20.3 Å². The van der Waals surface area contributed by atoms with Gasteiger partial charge < -0.3 is 0 Å². The molecular weight excluding hydrogens is 210 g/mol. The Bertz CT molecular complexity index is 486. The molecule has 2 nitrogen and oxygen atoms in total. The van der Waals surface area contributed by atoms with E-state index >= 15 is 0 Å². The molecule has 0 saturated heterocycles. The number of rotatable bonds is 2. The zero-order valence-corrected chi connectivity index (χ0v) is 9.11. The van der Waals surface area contributed by atoms with Crippen LogP contribution in [0, 0.1) is 13.8 Å². The number of imidazole rings is 1. The number of aromatic nitrogens is 2. The van der Waals surface area contributed by atoms with Gasteiger partial charge in [0, 0.05) is 5.69 Å². The number of hydrogen-bond donors (Lipinski definition) is 0. The van der Waals surface area contributed by atoms with Crippen LogP contribution in [0.2, 0.25) is 0 Å². The summed E-state index contributed by atoms with van der Waals surface area (Å²) < 4.78 is 27.0. The maximum atomic E-state index is 12.7. The van der Waals surface area contributed by atoms with Crippen molar-refractivity contribution in [3.8, 4) is 5.69 Å². The van der Waals surface area contributed by atoms with Crippen LogP contribution in [0.5, 0.6) is 0 Å². The van der Waals surface area contributed by atoms with Crippen molar-refractivity contribution in [1.82, 2.24) is 9.55 Å². The van der Waals surface area contributed by atoms with E-state index in [1.807, 2.05) is 31.2 Å². The van der Waals surface area contributed by atoms with Crippen molar-refractivity contribution in [3.05, 3.63) is 47.5 Å². The summed E-state index contributed by atoms with van der Waals surface area (Å²) in [5, 5.41) is 0. The average molecular weight is 222 g/mol. The lowest BCUT2D eigenvalue weighted by Gasteiger charge is -2.09. The Kier molecular flexibility index (Phi) is 2.73. The highest BCUT2D eigenvalue weighted by Gasteiger charge is 2.16. The van der Waals surface area contributed by atoms with E-state index in [1.165, 1.54) is 10.8 Å². The minimum absolute atomic E-state index is 0.0682. The van der Waals surface area contributed by atoms with Crippen molar-refractivity contribution in [1.29, 1.82) is 0 Å². The molecule has 0 aliphatic heterocycles. The Balaban J connectivity index is 2.54. The molecule has 0 spiro atoms. The second-order valence-electron chi connectivity index (χ2n) is 3.70. The van der Waals surface area contributed by atoms with E-state index in [0.717, 1.165) is 11.3 Å². The zero-order valence-electron chi connectivity index (χ0n) is 9.11. The van der Waals surface area contributed by atoms with Crippen LogP contribution in [0.25, 0.3) is 5.69 Å². The lowest BCUT2D eigenvalue weighted by atomic mass is 10.2. The monoisotopic (exact) mass is 222 g/mol. The van der Waals surface area contributed by atoms with Gasteiger partial charge >= 0.3 is 0 Å². The Labute approximate surface area is 92.6 Å². The fraction of sp³-hybridized carbons (Fsp3) is 0.250.